The van der Waals surface area contributed by atoms with Crippen LogP contribution in [0.1, 0.15) is 17.2 Å². The van der Waals surface area contributed by atoms with Crippen molar-refractivity contribution in [1.82, 2.24) is 10.2 Å². The summed E-state index contributed by atoms with van der Waals surface area (Å²) in [6, 6.07) is 18.1. The molecule has 0 aliphatic rings. The van der Waals surface area contributed by atoms with Gasteiger partial charge in [0.2, 0.25) is 0 Å². The lowest BCUT2D eigenvalue weighted by atomic mass is 9.99. The van der Waals surface area contributed by atoms with Gasteiger partial charge >= 0.3 is 0 Å². The monoisotopic (exact) mass is 390 g/mol. The van der Waals surface area contributed by atoms with Crippen molar-refractivity contribution in [3.8, 4) is 11.3 Å². The van der Waals surface area contributed by atoms with E-state index in [0.717, 1.165) is 22.4 Å². The molecule has 1 atom stereocenters. The van der Waals surface area contributed by atoms with Gasteiger partial charge in [0.25, 0.3) is 0 Å². The zero-order valence-corrected chi connectivity index (χ0v) is 13.5. The molecule has 3 rings (SSSR count). The fourth-order valence-electron chi connectivity index (χ4n) is 2.34. The van der Waals surface area contributed by atoms with Crippen molar-refractivity contribution < 1.29 is 5.11 Å². The van der Waals surface area contributed by atoms with Gasteiger partial charge < -0.3 is 5.11 Å². The van der Waals surface area contributed by atoms with Crippen LogP contribution in [0, 0.1) is 3.57 Å². The number of rotatable bonds is 4. The average molecular weight is 390 g/mol. The van der Waals surface area contributed by atoms with Crippen LogP contribution in [0.4, 0.5) is 0 Å². The number of hydrogen-bond acceptors (Lipinski definition) is 2. The molecule has 21 heavy (non-hydrogen) atoms. The van der Waals surface area contributed by atoms with Gasteiger partial charge in [-0.25, -0.2) is 0 Å². The highest BCUT2D eigenvalue weighted by Gasteiger charge is 2.16. The molecular formula is C17H15IN2O. The van der Waals surface area contributed by atoms with Crippen LogP contribution < -0.4 is 0 Å². The van der Waals surface area contributed by atoms with E-state index in [0.29, 0.717) is 6.42 Å². The predicted molar refractivity (Wildman–Crippen MR) is 91.8 cm³/mol. The minimum absolute atomic E-state index is 0.570. The molecule has 106 valence electrons. The molecule has 2 N–H and O–H groups in total. The number of aromatic nitrogens is 2. The summed E-state index contributed by atoms with van der Waals surface area (Å²) in [5.74, 6) is 0. The Balaban J connectivity index is 1.84. The molecule has 1 heterocycles. The molecule has 0 saturated heterocycles. The van der Waals surface area contributed by atoms with Crippen LogP contribution in [0.5, 0.6) is 0 Å². The summed E-state index contributed by atoms with van der Waals surface area (Å²) >= 11 is 2.28. The van der Waals surface area contributed by atoms with Crippen molar-refractivity contribution >= 4 is 22.6 Å². The molecule has 0 radical (unpaired) electrons. The minimum Gasteiger partial charge on any atom is -0.388 e. The van der Waals surface area contributed by atoms with Gasteiger partial charge in [-0.1, -0.05) is 42.5 Å². The SMILES string of the molecule is OC(Cc1ccc(I)cc1)c1cn[nH]c1-c1ccccc1. The number of H-pyrrole nitrogens is 1. The molecule has 0 aliphatic heterocycles. The minimum atomic E-state index is -0.570. The highest BCUT2D eigenvalue weighted by Crippen LogP contribution is 2.28. The topological polar surface area (TPSA) is 48.9 Å². The first-order valence-electron chi connectivity index (χ1n) is 6.75. The van der Waals surface area contributed by atoms with E-state index in [1.165, 1.54) is 3.57 Å². The van der Waals surface area contributed by atoms with Crippen LogP contribution in [0.3, 0.4) is 0 Å². The molecule has 0 aliphatic carbocycles. The quantitative estimate of drug-likeness (QED) is 0.663. The number of hydrogen-bond donors (Lipinski definition) is 2. The molecular weight excluding hydrogens is 375 g/mol. The Kier molecular flexibility index (Phi) is 4.36. The van der Waals surface area contributed by atoms with Crippen molar-refractivity contribution in [2.75, 3.05) is 0 Å². The number of nitrogens with one attached hydrogen (secondary N) is 1. The maximum atomic E-state index is 10.5. The third-order valence-electron chi connectivity index (χ3n) is 3.43. The van der Waals surface area contributed by atoms with E-state index in [9.17, 15) is 5.11 Å². The largest absolute Gasteiger partial charge is 0.388 e. The molecule has 1 aromatic heterocycles. The molecule has 2 aromatic carbocycles. The van der Waals surface area contributed by atoms with E-state index in [1.54, 1.807) is 6.20 Å². The molecule has 0 fully saturated rings. The number of halogens is 1. The van der Waals surface area contributed by atoms with Gasteiger partial charge in [-0.05, 0) is 45.9 Å². The first-order chi connectivity index (χ1) is 10.2. The zero-order chi connectivity index (χ0) is 14.7. The fourth-order valence-corrected chi connectivity index (χ4v) is 2.70. The summed E-state index contributed by atoms with van der Waals surface area (Å²) in [5.41, 5.74) is 3.86. The Bertz CT molecular complexity index is 707. The first-order valence-corrected chi connectivity index (χ1v) is 7.83. The number of aliphatic hydroxyl groups excluding tert-OH is 1. The number of aliphatic hydroxyl groups is 1. The van der Waals surface area contributed by atoms with Gasteiger partial charge in [0.05, 0.1) is 18.0 Å². The maximum Gasteiger partial charge on any atom is 0.0867 e. The van der Waals surface area contributed by atoms with Gasteiger partial charge in [-0.3, -0.25) is 5.10 Å². The van der Waals surface area contributed by atoms with Crippen molar-refractivity contribution in [3.05, 3.63) is 75.5 Å². The Morgan fingerprint density at radius 2 is 1.76 bits per heavy atom. The summed E-state index contributed by atoms with van der Waals surface area (Å²) in [5, 5.41) is 17.6. The van der Waals surface area contributed by atoms with Gasteiger partial charge in [0.15, 0.2) is 0 Å². The number of nitrogens with zero attached hydrogens (tertiary/aromatic N) is 1. The van der Waals surface area contributed by atoms with Gasteiger partial charge in [0, 0.05) is 15.6 Å². The lowest BCUT2D eigenvalue weighted by molar-refractivity contribution is 0.179. The molecule has 4 heteroatoms. The standard InChI is InChI=1S/C17H15IN2O/c18-14-8-6-12(7-9-14)10-16(21)15-11-19-20-17(15)13-4-2-1-3-5-13/h1-9,11,16,21H,10H2,(H,19,20). The first kappa shape index (κ1) is 14.3. The summed E-state index contributed by atoms with van der Waals surface area (Å²) in [4.78, 5) is 0. The van der Waals surface area contributed by atoms with Gasteiger partial charge in [-0.15, -0.1) is 0 Å². The van der Waals surface area contributed by atoms with E-state index in [4.69, 9.17) is 0 Å². The Morgan fingerprint density at radius 3 is 2.48 bits per heavy atom. The molecule has 3 nitrogen and oxygen atoms in total. The second kappa shape index (κ2) is 6.41. The normalized spacial score (nSPS) is 12.3. The Labute approximate surface area is 137 Å². The molecule has 1 unspecified atom stereocenters. The fraction of sp³-hybridized carbons (Fsp3) is 0.118. The zero-order valence-electron chi connectivity index (χ0n) is 11.3. The van der Waals surface area contributed by atoms with Crippen molar-refractivity contribution in [1.29, 1.82) is 0 Å². The second-order valence-corrected chi connectivity index (χ2v) is 6.16. The van der Waals surface area contributed by atoms with Crippen molar-refractivity contribution in [3.63, 3.8) is 0 Å². The van der Waals surface area contributed by atoms with E-state index in [-0.39, 0.29) is 0 Å². The molecule has 0 bridgehead atoms. The molecule has 0 spiro atoms. The molecule has 0 saturated carbocycles. The van der Waals surface area contributed by atoms with Gasteiger partial charge in [0.1, 0.15) is 0 Å². The van der Waals surface area contributed by atoms with Crippen molar-refractivity contribution in [2.45, 2.75) is 12.5 Å². The number of benzene rings is 2. The smallest absolute Gasteiger partial charge is 0.0867 e. The average Bonchev–Trinajstić information content (AvgIpc) is 3.00. The third kappa shape index (κ3) is 3.33. The van der Waals surface area contributed by atoms with Crippen LogP contribution in [-0.4, -0.2) is 15.3 Å². The molecule has 0 amide bonds. The summed E-state index contributed by atoms with van der Waals surface area (Å²) in [7, 11) is 0. The summed E-state index contributed by atoms with van der Waals surface area (Å²) in [6.45, 7) is 0. The second-order valence-electron chi connectivity index (χ2n) is 4.91. The highest BCUT2D eigenvalue weighted by molar-refractivity contribution is 14.1. The van der Waals surface area contributed by atoms with Crippen LogP contribution in [0.2, 0.25) is 0 Å². The lowest BCUT2D eigenvalue weighted by Gasteiger charge is -2.11. The lowest BCUT2D eigenvalue weighted by Crippen LogP contribution is -2.02. The van der Waals surface area contributed by atoms with Crippen LogP contribution in [-0.2, 0) is 6.42 Å². The Morgan fingerprint density at radius 1 is 1.05 bits per heavy atom. The predicted octanol–water partition coefficient (Wildman–Crippen LogP) is 3.96. The third-order valence-corrected chi connectivity index (χ3v) is 4.15. The van der Waals surface area contributed by atoms with Crippen LogP contribution in [0.25, 0.3) is 11.3 Å². The summed E-state index contributed by atoms with van der Waals surface area (Å²) in [6.07, 6.45) is 1.72. The molecule has 3 aromatic rings. The maximum absolute atomic E-state index is 10.5. The van der Waals surface area contributed by atoms with E-state index in [2.05, 4.69) is 44.9 Å². The van der Waals surface area contributed by atoms with Gasteiger partial charge in [-0.2, -0.15) is 5.10 Å². The number of aromatic amines is 1. The highest BCUT2D eigenvalue weighted by atomic mass is 127. The van der Waals surface area contributed by atoms with E-state index in [1.807, 2.05) is 42.5 Å². The van der Waals surface area contributed by atoms with Crippen LogP contribution >= 0.6 is 22.6 Å². The van der Waals surface area contributed by atoms with Crippen molar-refractivity contribution in [2.24, 2.45) is 0 Å². The van der Waals surface area contributed by atoms with E-state index >= 15 is 0 Å². The Hall–Kier alpha value is -1.66. The van der Waals surface area contributed by atoms with Crippen LogP contribution in [0.15, 0.2) is 60.8 Å². The van der Waals surface area contributed by atoms with E-state index < -0.39 is 6.10 Å². The summed E-state index contributed by atoms with van der Waals surface area (Å²) < 4.78 is 1.19.